The molecule has 0 radical (unpaired) electrons. The Bertz CT molecular complexity index is 858. The van der Waals surface area contributed by atoms with Crippen LogP contribution in [-0.2, 0) is 29.1 Å². The van der Waals surface area contributed by atoms with Gasteiger partial charge in [-0.2, -0.15) is 4.31 Å². The minimum absolute atomic E-state index is 0.0357. The Morgan fingerprint density at radius 2 is 1.71 bits per heavy atom. The minimum Gasteiger partial charge on any atom is -0.490 e. The number of nitrogens with zero attached hydrogens (tertiary/aromatic N) is 1. The van der Waals surface area contributed by atoms with Gasteiger partial charge in [-0.25, -0.2) is 13.2 Å². The van der Waals surface area contributed by atoms with Crippen LogP contribution in [0.15, 0.2) is 29.2 Å². The van der Waals surface area contributed by atoms with Crippen LogP contribution in [0.2, 0.25) is 0 Å². The van der Waals surface area contributed by atoms with Crippen LogP contribution in [0.3, 0.4) is 0 Å². The Kier molecular flexibility index (Phi) is 7.90. The molecule has 1 aliphatic carbocycles. The Balaban J connectivity index is 1.49. The molecule has 1 saturated heterocycles. The van der Waals surface area contributed by atoms with Crippen LogP contribution in [0, 0.1) is 0 Å². The van der Waals surface area contributed by atoms with E-state index in [0.29, 0.717) is 44.9 Å². The van der Waals surface area contributed by atoms with E-state index < -0.39 is 21.5 Å². The Labute approximate surface area is 183 Å². The van der Waals surface area contributed by atoms with Gasteiger partial charge in [-0.15, -0.1) is 0 Å². The number of rotatable bonds is 8. The summed E-state index contributed by atoms with van der Waals surface area (Å²) in [4.78, 5) is 24.3. The fourth-order valence-corrected chi connectivity index (χ4v) is 5.36. The van der Waals surface area contributed by atoms with E-state index in [1.807, 2.05) is 0 Å². The molecule has 2 aliphatic rings. The highest BCUT2D eigenvalue weighted by atomic mass is 32.2. The Morgan fingerprint density at radius 3 is 2.32 bits per heavy atom. The summed E-state index contributed by atoms with van der Waals surface area (Å²) in [6, 6.07) is 6.16. The maximum absolute atomic E-state index is 12.6. The first-order chi connectivity index (χ1) is 14.8. The number of ether oxygens (including phenoxy) is 3. The average molecular weight is 455 g/mol. The summed E-state index contributed by atoms with van der Waals surface area (Å²) in [7, 11) is -3.55. The van der Waals surface area contributed by atoms with E-state index in [0.717, 1.165) is 19.3 Å². The lowest BCUT2D eigenvalue weighted by atomic mass is 9.81. The van der Waals surface area contributed by atoms with Gasteiger partial charge >= 0.3 is 5.97 Å². The highest BCUT2D eigenvalue weighted by Gasteiger charge is 2.41. The van der Waals surface area contributed by atoms with Crippen molar-refractivity contribution < 1.29 is 32.2 Å². The first-order valence-corrected chi connectivity index (χ1v) is 12.0. The molecular weight excluding hydrogens is 424 g/mol. The zero-order chi connectivity index (χ0) is 22.3. The van der Waals surface area contributed by atoms with Gasteiger partial charge in [0.05, 0.1) is 18.1 Å². The molecule has 1 aliphatic heterocycles. The van der Waals surface area contributed by atoms with Gasteiger partial charge in [-0.3, -0.25) is 4.79 Å². The normalized spacial score (nSPS) is 19.4. The van der Waals surface area contributed by atoms with Crippen molar-refractivity contribution in [3.05, 3.63) is 24.3 Å². The fourth-order valence-electron chi connectivity index (χ4n) is 3.95. The zero-order valence-electron chi connectivity index (χ0n) is 17.8. The van der Waals surface area contributed by atoms with E-state index in [4.69, 9.17) is 14.2 Å². The van der Waals surface area contributed by atoms with Crippen molar-refractivity contribution in [2.75, 3.05) is 39.5 Å². The molecule has 1 aromatic rings. The summed E-state index contributed by atoms with van der Waals surface area (Å²) in [6.45, 7) is 3.02. The molecule has 1 amide bonds. The molecule has 0 atom stereocenters. The minimum atomic E-state index is -3.55. The Hall–Kier alpha value is -2.17. The summed E-state index contributed by atoms with van der Waals surface area (Å²) >= 11 is 0. The van der Waals surface area contributed by atoms with Crippen molar-refractivity contribution in [1.82, 2.24) is 9.62 Å². The van der Waals surface area contributed by atoms with Crippen LogP contribution in [0.25, 0.3) is 0 Å². The number of amides is 1. The molecule has 0 unspecified atom stereocenters. The van der Waals surface area contributed by atoms with Crippen molar-refractivity contribution in [2.24, 2.45) is 0 Å². The van der Waals surface area contributed by atoms with Crippen LogP contribution in [-0.4, -0.2) is 69.7 Å². The number of morpholine rings is 1. The lowest BCUT2D eigenvalue weighted by Crippen LogP contribution is -2.56. The summed E-state index contributed by atoms with van der Waals surface area (Å²) in [5, 5.41) is 2.78. The van der Waals surface area contributed by atoms with Gasteiger partial charge in [0.1, 0.15) is 24.5 Å². The zero-order valence-corrected chi connectivity index (χ0v) is 18.6. The monoisotopic (exact) mass is 454 g/mol. The molecule has 31 heavy (non-hydrogen) atoms. The summed E-state index contributed by atoms with van der Waals surface area (Å²) in [6.07, 6.45) is 3.92. The predicted molar refractivity (Wildman–Crippen MR) is 112 cm³/mol. The number of carbonyl (C=O) groups is 2. The second kappa shape index (κ2) is 10.4. The third kappa shape index (κ3) is 5.96. The smallest absolute Gasteiger partial charge is 0.331 e. The maximum Gasteiger partial charge on any atom is 0.331 e. The van der Waals surface area contributed by atoms with E-state index >= 15 is 0 Å². The summed E-state index contributed by atoms with van der Waals surface area (Å²) in [5.74, 6) is -0.202. The summed E-state index contributed by atoms with van der Waals surface area (Å²) < 4.78 is 42.8. The second-order valence-corrected chi connectivity index (χ2v) is 9.73. The Morgan fingerprint density at radius 1 is 1.06 bits per heavy atom. The molecule has 1 aromatic carbocycles. The van der Waals surface area contributed by atoms with Gasteiger partial charge in [0.25, 0.3) is 0 Å². The van der Waals surface area contributed by atoms with Crippen LogP contribution in [0.5, 0.6) is 5.75 Å². The molecule has 1 saturated carbocycles. The highest BCUT2D eigenvalue weighted by molar-refractivity contribution is 7.89. The van der Waals surface area contributed by atoms with E-state index in [-0.39, 0.29) is 24.0 Å². The predicted octanol–water partition coefficient (Wildman–Crippen LogP) is 1.47. The lowest BCUT2D eigenvalue weighted by molar-refractivity contribution is -0.156. The molecule has 172 valence electrons. The molecule has 0 bridgehead atoms. The largest absolute Gasteiger partial charge is 0.490 e. The summed E-state index contributed by atoms with van der Waals surface area (Å²) in [5.41, 5.74) is -0.945. The van der Waals surface area contributed by atoms with E-state index in [2.05, 4.69) is 5.32 Å². The molecular formula is C21H30N2O7S. The third-order valence-electron chi connectivity index (χ3n) is 5.53. The van der Waals surface area contributed by atoms with E-state index in [1.165, 1.54) is 23.4 Å². The van der Waals surface area contributed by atoms with Gasteiger partial charge in [0.2, 0.25) is 15.9 Å². The molecule has 9 nitrogen and oxygen atoms in total. The van der Waals surface area contributed by atoms with Crippen molar-refractivity contribution in [3.8, 4) is 5.75 Å². The number of carbonyl (C=O) groups excluding carboxylic acids is 2. The number of sulfonamides is 1. The van der Waals surface area contributed by atoms with Gasteiger partial charge in [0, 0.05) is 20.0 Å². The average Bonchev–Trinajstić information content (AvgIpc) is 2.77. The molecule has 1 N–H and O–H groups in total. The molecule has 1 heterocycles. The van der Waals surface area contributed by atoms with Crippen LogP contribution >= 0.6 is 0 Å². The maximum atomic E-state index is 12.6. The number of esters is 1. The first-order valence-electron chi connectivity index (χ1n) is 10.6. The molecule has 3 rings (SSSR count). The number of hydrogen-bond acceptors (Lipinski definition) is 7. The van der Waals surface area contributed by atoms with Gasteiger partial charge in [-0.1, -0.05) is 19.3 Å². The van der Waals surface area contributed by atoms with Crippen LogP contribution < -0.4 is 10.1 Å². The second-order valence-electron chi connectivity index (χ2n) is 7.80. The first kappa shape index (κ1) is 23.5. The number of hydrogen-bond donors (Lipinski definition) is 1. The van der Waals surface area contributed by atoms with Crippen molar-refractivity contribution in [2.45, 2.75) is 49.5 Å². The fraction of sp³-hybridized carbons (Fsp3) is 0.619. The number of nitrogens with one attached hydrogen (secondary N) is 1. The number of benzene rings is 1. The molecule has 0 spiro atoms. The third-order valence-corrected chi connectivity index (χ3v) is 7.44. The standard InChI is InChI=1S/C21H30N2O7S/c1-17(24)22-21(9-3-2-4-10-21)20(25)30-16-15-29-18-5-7-19(8-6-18)31(26,27)23-11-13-28-14-12-23/h5-8H,2-4,9-16H2,1H3,(H,22,24). The van der Waals surface area contributed by atoms with Crippen molar-refractivity contribution in [3.63, 3.8) is 0 Å². The van der Waals surface area contributed by atoms with E-state index in [1.54, 1.807) is 12.1 Å². The molecule has 10 heteroatoms. The van der Waals surface area contributed by atoms with E-state index in [9.17, 15) is 18.0 Å². The van der Waals surface area contributed by atoms with Crippen LogP contribution in [0.1, 0.15) is 39.0 Å². The van der Waals surface area contributed by atoms with Crippen molar-refractivity contribution in [1.29, 1.82) is 0 Å². The molecule has 0 aromatic heterocycles. The van der Waals surface area contributed by atoms with Gasteiger partial charge < -0.3 is 19.5 Å². The van der Waals surface area contributed by atoms with Crippen molar-refractivity contribution >= 4 is 21.9 Å². The lowest BCUT2D eigenvalue weighted by Gasteiger charge is -2.35. The quantitative estimate of drug-likeness (QED) is 0.468. The van der Waals surface area contributed by atoms with Crippen LogP contribution in [0.4, 0.5) is 0 Å². The van der Waals surface area contributed by atoms with Gasteiger partial charge in [0.15, 0.2) is 0 Å². The SMILES string of the molecule is CC(=O)NC1(C(=O)OCCOc2ccc(S(=O)(=O)N3CCOCC3)cc2)CCCCC1. The molecule has 2 fully saturated rings. The highest BCUT2D eigenvalue weighted by Crippen LogP contribution is 2.29. The van der Waals surface area contributed by atoms with Gasteiger partial charge in [-0.05, 0) is 37.1 Å². The topological polar surface area (TPSA) is 111 Å².